The van der Waals surface area contributed by atoms with Crippen LogP contribution in [0.4, 0.5) is 4.79 Å². The van der Waals surface area contributed by atoms with E-state index in [1.165, 1.54) is 24.5 Å². The molecule has 1 fully saturated rings. The van der Waals surface area contributed by atoms with Gasteiger partial charge >= 0.3 is 6.03 Å². The highest BCUT2D eigenvalue weighted by atomic mass is 16.5. The van der Waals surface area contributed by atoms with Gasteiger partial charge in [-0.3, -0.25) is 4.79 Å². The number of carbonyl (C=O) groups excluding carboxylic acids is 2. The van der Waals surface area contributed by atoms with Crippen LogP contribution in [0.5, 0.6) is 11.5 Å². The van der Waals surface area contributed by atoms with Crippen LogP contribution in [0.3, 0.4) is 0 Å². The molecule has 3 aromatic carbocycles. The number of hydrogen-bond donors (Lipinski definition) is 1. The molecule has 9 nitrogen and oxygen atoms in total. The van der Waals surface area contributed by atoms with Crippen LogP contribution in [0.25, 0.3) is 22.4 Å². The lowest BCUT2D eigenvalue weighted by atomic mass is 9.96. The van der Waals surface area contributed by atoms with E-state index in [-0.39, 0.29) is 12.1 Å². The molecule has 0 spiro atoms. The van der Waals surface area contributed by atoms with Crippen molar-refractivity contribution in [1.82, 2.24) is 19.9 Å². The second kappa shape index (κ2) is 11.4. The van der Waals surface area contributed by atoms with Gasteiger partial charge in [0, 0.05) is 23.7 Å². The number of nitrogens with two attached hydrogens (primary N) is 1. The first-order valence-electron chi connectivity index (χ1n) is 12.9. The lowest BCUT2D eigenvalue weighted by Crippen LogP contribution is -2.46. The SMILES string of the molecule is COc1cc(C(N)=O)cc(OC)c1-c1ccc(-c2cn(C(=O)N3CCCCC3Cc3ccccc3)nn2)cc1. The fourth-order valence-electron chi connectivity index (χ4n) is 5.12. The number of amides is 2. The normalized spacial score (nSPS) is 15.1. The van der Waals surface area contributed by atoms with Crippen molar-refractivity contribution in [3.8, 4) is 33.9 Å². The van der Waals surface area contributed by atoms with Crippen molar-refractivity contribution in [2.45, 2.75) is 31.7 Å². The zero-order valence-electron chi connectivity index (χ0n) is 22.0. The smallest absolute Gasteiger partial charge is 0.346 e. The minimum Gasteiger partial charge on any atom is -0.496 e. The minimum atomic E-state index is -0.568. The predicted octanol–water partition coefficient (Wildman–Crippen LogP) is 4.79. The molecule has 1 aliphatic heterocycles. The summed E-state index contributed by atoms with van der Waals surface area (Å²) in [5.74, 6) is 0.375. The van der Waals surface area contributed by atoms with Crippen LogP contribution in [0.2, 0.25) is 0 Å². The third-order valence-corrected chi connectivity index (χ3v) is 7.14. The maximum Gasteiger partial charge on any atom is 0.346 e. The first kappa shape index (κ1) is 26.0. The zero-order valence-corrected chi connectivity index (χ0v) is 22.0. The van der Waals surface area contributed by atoms with Crippen molar-refractivity contribution in [2.24, 2.45) is 5.73 Å². The summed E-state index contributed by atoms with van der Waals surface area (Å²) in [5.41, 5.74) is 9.90. The molecule has 2 amide bonds. The van der Waals surface area contributed by atoms with Gasteiger partial charge in [0.05, 0.1) is 26.0 Å². The number of primary amides is 1. The van der Waals surface area contributed by atoms with Crippen LogP contribution in [0, 0.1) is 0 Å². The summed E-state index contributed by atoms with van der Waals surface area (Å²) in [6, 6.07) is 21.0. The summed E-state index contributed by atoms with van der Waals surface area (Å²) in [5, 5.41) is 8.44. The number of benzene rings is 3. The number of likely N-dealkylation sites (tertiary alicyclic amines) is 1. The Hall–Kier alpha value is -4.66. The fourth-order valence-corrected chi connectivity index (χ4v) is 5.12. The number of piperidine rings is 1. The highest BCUT2D eigenvalue weighted by molar-refractivity contribution is 5.95. The van der Waals surface area contributed by atoms with E-state index in [2.05, 4.69) is 22.4 Å². The summed E-state index contributed by atoms with van der Waals surface area (Å²) < 4.78 is 12.4. The Morgan fingerprint density at radius 3 is 2.26 bits per heavy atom. The van der Waals surface area contributed by atoms with Crippen molar-refractivity contribution < 1.29 is 19.1 Å². The molecule has 4 aromatic rings. The summed E-state index contributed by atoms with van der Waals surface area (Å²) in [6.45, 7) is 0.707. The maximum absolute atomic E-state index is 13.4. The molecule has 1 unspecified atom stereocenters. The van der Waals surface area contributed by atoms with Crippen molar-refractivity contribution in [3.05, 3.63) is 84.1 Å². The van der Waals surface area contributed by atoms with Gasteiger partial charge in [-0.25, -0.2) is 4.79 Å². The van der Waals surface area contributed by atoms with Crippen LogP contribution < -0.4 is 15.2 Å². The third-order valence-electron chi connectivity index (χ3n) is 7.14. The molecule has 0 bridgehead atoms. The highest BCUT2D eigenvalue weighted by Gasteiger charge is 2.28. The first-order chi connectivity index (χ1) is 19.0. The molecule has 2 heterocycles. The van der Waals surface area contributed by atoms with E-state index < -0.39 is 5.91 Å². The molecule has 39 heavy (non-hydrogen) atoms. The Morgan fingerprint density at radius 2 is 1.62 bits per heavy atom. The molecule has 200 valence electrons. The molecule has 0 saturated carbocycles. The van der Waals surface area contributed by atoms with E-state index in [0.717, 1.165) is 36.8 Å². The molecule has 1 saturated heterocycles. The van der Waals surface area contributed by atoms with Crippen LogP contribution in [0.15, 0.2) is 72.9 Å². The summed E-state index contributed by atoms with van der Waals surface area (Å²) in [7, 11) is 3.05. The molecule has 1 aliphatic rings. The Morgan fingerprint density at radius 1 is 0.949 bits per heavy atom. The number of aromatic nitrogens is 3. The minimum absolute atomic E-state index is 0.131. The molecule has 2 N–H and O–H groups in total. The molecule has 0 radical (unpaired) electrons. The van der Waals surface area contributed by atoms with Crippen LogP contribution in [-0.4, -0.2) is 58.6 Å². The summed E-state index contributed by atoms with van der Waals surface area (Å²) in [4.78, 5) is 27.1. The van der Waals surface area contributed by atoms with Gasteiger partial charge in [-0.2, -0.15) is 4.68 Å². The number of hydrogen-bond acceptors (Lipinski definition) is 6. The standard InChI is InChI=1S/C30H31N5O4/c1-38-26-17-23(29(31)36)18-27(39-2)28(26)22-13-11-21(12-14-22)25-19-35(33-32-25)30(37)34-15-7-6-10-24(34)16-20-8-4-3-5-9-20/h3-5,8-9,11-14,17-19,24H,6-7,10,15-16H2,1-2H3,(H2,31,36). The molecule has 1 aromatic heterocycles. The van der Waals surface area contributed by atoms with Crippen molar-refractivity contribution in [1.29, 1.82) is 0 Å². The molecular weight excluding hydrogens is 494 g/mol. The average Bonchev–Trinajstić information content (AvgIpc) is 3.47. The van der Waals surface area contributed by atoms with Gasteiger partial charge in [0.1, 0.15) is 17.2 Å². The first-order valence-corrected chi connectivity index (χ1v) is 12.9. The summed E-state index contributed by atoms with van der Waals surface area (Å²) in [6.07, 6.45) is 5.55. The monoisotopic (exact) mass is 525 g/mol. The van der Waals surface area contributed by atoms with E-state index in [0.29, 0.717) is 34.9 Å². The van der Waals surface area contributed by atoms with Gasteiger partial charge < -0.3 is 20.1 Å². The molecule has 1 atom stereocenters. The van der Waals surface area contributed by atoms with Crippen LogP contribution in [0.1, 0.15) is 35.2 Å². The van der Waals surface area contributed by atoms with E-state index in [9.17, 15) is 9.59 Å². The predicted molar refractivity (Wildman–Crippen MR) is 148 cm³/mol. The topological polar surface area (TPSA) is 113 Å². The van der Waals surface area contributed by atoms with Crippen molar-refractivity contribution >= 4 is 11.9 Å². The van der Waals surface area contributed by atoms with E-state index >= 15 is 0 Å². The second-order valence-corrected chi connectivity index (χ2v) is 9.56. The number of ether oxygens (including phenoxy) is 2. The largest absolute Gasteiger partial charge is 0.496 e. The lowest BCUT2D eigenvalue weighted by Gasteiger charge is -2.35. The quantitative estimate of drug-likeness (QED) is 0.371. The molecule has 9 heteroatoms. The lowest BCUT2D eigenvalue weighted by molar-refractivity contribution is 0.0999. The van der Waals surface area contributed by atoms with Gasteiger partial charge in [-0.15, -0.1) is 5.10 Å². The van der Waals surface area contributed by atoms with E-state index in [4.69, 9.17) is 15.2 Å². The Bertz CT molecular complexity index is 1440. The van der Waals surface area contributed by atoms with Gasteiger partial charge in [-0.05, 0) is 48.9 Å². The Balaban J connectivity index is 1.37. The maximum atomic E-state index is 13.4. The van der Waals surface area contributed by atoms with E-state index in [1.54, 1.807) is 18.3 Å². The second-order valence-electron chi connectivity index (χ2n) is 9.56. The average molecular weight is 526 g/mol. The fraction of sp³-hybridized carbons (Fsp3) is 0.267. The summed E-state index contributed by atoms with van der Waals surface area (Å²) >= 11 is 0. The number of carbonyl (C=O) groups is 2. The third kappa shape index (κ3) is 5.47. The van der Waals surface area contributed by atoms with Gasteiger partial charge in [0.15, 0.2) is 0 Å². The number of nitrogens with zero attached hydrogens (tertiary/aromatic N) is 4. The van der Waals surface area contributed by atoms with Crippen LogP contribution >= 0.6 is 0 Å². The molecule has 5 rings (SSSR count). The van der Waals surface area contributed by atoms with Gasteiger partial charge in [0.2, 0.25) is 5.91 Å². The highest BCUT2D eigenvalue weighted by Crippen LogP contribution is 2.40. The van der Waals surface area contributed by atoms with Gasteiger partial charge in [0.25, 0.3) is 0 Å². The number of methoxy groups -OCH3 is 2. The number of rotatable bonds is 7. The van der Waals surface area contributed by atoms with Crippen molar-refractivity contribution in [2.75, 3.05) is 20.8 Å². The Labute approximate surface area is 227 Å². The van der Waals surface area contributed by atoms with Crippen molar-refractivity contribution in [3.63, 3.8) is 0 Å². The van der Waals surface area contributed by atoms with Gasteiger partial charge in [-0.1, -0.05) is 59.8 Å². The molecular formula is C30H31N5O4. The van der Waals surface area contributed by atoms with E-state index in [1.807, 2.05) is 47.4 Å². The Kier molecular flexibility index (Phi) is 7.58. The zero-order chi connectivity index (χ0) is 27.4. The van der Waals surface area contributed by atoms with Crippen LogP contribution in [-0.2, 0) is 6.42 Å². The molecule has 0 aliphatic carbocycles.